The van der Waals surface area contributed by atoms with E-state index in [4.69, 9.17) is 4.98 Å². The smallest absolute Gasteiger partial charge is 0.0880 e. The highest BCUT2D eigenvalue weighted by molar-refractivity contribution is 7.26. The van der Waals surface area contributed by atoms with E-state index in [0.29, 0.717) is 0 Å². The molecule has 3 aromatic heterocycles. The average Bonchev–Trinajstić information content (AvgIpc) is 3.92. The van der Waals surface area contributed by atoms with Gasteiger partial charge in [-0.3, -0.25) is 4.98 Å². The summed E-state index contributed by atoms with van der Waals surface area (Å²) in [6, 6.07) is 55.6. The molecule has 8 aromatic carbocycles. The van der Waals surface area contributed by atoms with Gasteiger partial charge in [0.25, 0.3) is 0 Å². The Hall–Kier alpha value is -7.07. The van der Waals surface area contributed by atoms with Crippen molar-refractivity contribution in [2.75, 3.05) is 0 Å². The molecule has 3 heteroatoms. The highest BCUT2D eigenvalue weighted by atomic mass is 32.1. The van der Waals surface area contributed by atoms with Gasteiger partial charge in [-0.15, -0.1) is 11.3 Å². The van der Waals surface area contributed by atoms with E-state index in [9.17, 15) is 0 Å². The summed E-state index contributed by atoms with van der Waals surface area (Å²) in [4.78, 5) is 5.03. The number of benzene rings is 8. The second-order valence-electron chi connectivity index (χ2n) is 14.8. The summed E-state index contributed by atoms with van der Waals surface area (Å²) in [7, 11) is 0. The molecule has 0 N–H and O–H groups in total. The molecule has 11 aromatic rings. The van der Waals surface area contributed by atoms with E-state index in [1.54, 1.807) is 0 Å². The fourth-order valence-electron chi connectivity index (χ4n) is 9.33. The van der Waals surface area contributed by atoms with Crippen LogP contribution in [0, 0.1) is 0 Å². The van der Waals surface area contributed by atoms with E-state index in [1.807, 2.05) is 23.6 Å². The lowest BCUT2D eigenvalue weighted by Crippen LogP contribution is -1.97. The predicted octanol–water partition coefficient (Wildman–Crippen LogP) is 14.9. The van der Waals surface area contributed by atoms with Gasteiger partial charge in [0.05, 0.1) is 21.4 Å². The van der Waals surface area contributed by atoms with Crippen molar-refractivity contribution >= 4 is 97.3 Å². The summed E-state index contributed by atoms with van der Waals surface area (Å²) in [6.07, 6.45) is 6.09. The van der Waals surface area contributed by atoms with E-state index >= 15 is 0 Å². The number of thiophene rings is 1. The van der Waals surface area contributed by atoms with Gasteiger partial charge >= 0.3 is 0 Å². The minimum atomic E-state index is 1.01. The van der Waals surface area contributed by atoms with Crippen molar-refractivity contribution < 1.29 is 0 Å². The van der Waals surface area contributed by atoms with Crippen LogP contribution < -0.4 is 0 Å². The molecule has 0 fully saturated rings. The summed E-state index contributed by atoms with van der Waals surface area (Å²) in [5.41, 5.74) is 12.5. The number of para-hydroxylation sites is 1. The van der Waals surface area contributed by atoms with Gasteiger partial charge in [-0.2, -0.15) is 0 Å². The van der Waals surface area contributed by atoms with Crippen molar-refractivity contribution in [3.63, 3.8) is 0 Å². The Kier molecular flexibility index (Phi) is 6.55. The fourth-order valence-corrected chi connectivity index (χ4v) is 10.5. The van der Waals surface area contributed by atoms with Crippen LogP contribution in [-0.2, 0) is 0 Å². The molecule has 0 unspecified atom stereocenters. The van der Waals surface area contributed by atoms with Crippen molar-refractivity contribution in [1.29, 1.82) is 0 Å². The fraction of sp³-hybridized carbons (Fsp3) is 0. The Bertz CT molecular complexity index is 3540. The van der Waals surface area contributed by atoms with Crippen LogP contribution in [0.25, 0.3) is 114 Å². The number of rotatable bonds is 4. The number of pyridine rings is 1. The third-order valence-electron chi connectivity index (χ3n) is 11.9. The van der Waals surface area contributed by atoms with Crippen LogP contribution >= 0.6 is 11.3 Å². The molecule has 0 amide bonds. The molecule has 0 aliphatic heterocycles. The Labute approximate surface area is 327 Å². The monoisotopic (exact) mass is 728 g/mol. The van der Waals surface area contributed by atoms with Crippen molar-refractivity contribution in [1.82, 2.24) is 9.55 Å². The first-order valence-corrected chi connectivity index (χ1v) is 19.8. The molecule has 0 radical (unpaired) electrons. The molecule has 56 heavy (non-hydrogen) atoms. The highest BCUT2D eigenvalue weighted by Gasteiger charge is 2.24. The maximum atomic E-state index is 5.03. The van der Waals surface area contributed by atoms with E-state index < -0.39 is 0 Å². The molecule has 0 saturated carbocycles. The van der Waals surface area contributed by atoms with Crippen LogP contribution in [0.1, 0.15) is 11.1 Å². The van der Waals surface area contributed by atoms with Crippen molar-refractivity contribution in [2.24, 2.45) is 0 Å². The zero-order valence-electron chi connectivity index (χ0n) is 30.4. The lowest BCUT2D eigenvalue weighted by atomic mass is 9.91. The minimum absolute atomic E-state index is 1.01. The Balaban J connectivity index is 1.01. The van der Waals surface area contributed by atoms with Crippen LogP contribution in [0.15, 0.2) is 183 Å². The van der Waals surface area contributed by atoms with Gasteiger partial charge in [0.2, 0.25) is 0 Å². The first-order chi connectivity index (χ1) is 27.6. The SMILES string of the molecule is C=CC1=Cc2ccc3c4ccccc4n(-c4ccc5sc6c(-c7cccc(-c8ccc9c%10ccccc%10c%10ccccc%10c9c8)c7)nccc6c5c4)c3c2C1=C. The van der Waals surface area contributed by atoms with Gasteiger partial charge in [0, 0.05) is 49.3 Å². The van der Waals surface area contributed by atoms with Crippen LogP contribution in [0.4, 0.5) is 0 Å². The van der Waals surface area contributed by atoms with E-state index in [2.05, 4.69) is 175 Å². The quantitative estimate of drug-likeness (QED) is 0.165. The maximum absolute atomic E-state index is 5.03. The minimum Gasteiger partial charge on any atom is -0.309 e. The first kappa shape index (κ1) is 31.3. The van der Waals surface area contributed by atoms with Crippen LogP contribution in [-0.4, -0.2) is 9.55 Å². The Morgan fingerprint density at radius 2 is 1.21 bits per heavy atom. The number of fused-ring (bicyclic) bond motifs is 14. The topological polar surface area (TPSA) is 17.8 Å². The molecule has 1 aliphatic carbocycles. The standard InChI is InChI=1S/C53H32N2S/c1-3-32-27-35-20-23-44-43-17-8-9-18-48(43)55(52(44)50(35)31(32)2)37-21-24-49-47(30-37)45-25-26-54-51(53(45)56-49)36-12-10-11-33(28-36)34-19-22-42-40-15-5-4-13-38(40)39-14-6-7-16-41(39)46(42)29-34/h3-30H,1-2H2. The third-order valence-corrected chi connectivity index (χ3v) is 13.1. The predicted molar refractivity (Wildman–Crippen MR) is 242 cm³/mol. The molecule has 12 rings (SSSR count). The molecule has 3 heterocycles. The first-order valence-electron chi connectivity index (χ1n) is 19.0. The summed E-state index contributed by atoms with van der Waals surface area (Å²) in [5, 5.41) is 12.6. The average molecular weight is 729 g/mol. The molecule has 1 aliphatic rings. The molecule has 0 saturated heterocycles. The Morgan fingerprint density at radius 1 is 0.536 bits per heavy atom. The van der Waals surface area contributed by atoms with Crippen LogP contribution in [0.5, 0.6) is 0 Å². The van der Waals surface area contributed by atoms with Gasteiger partial charge < -0.3 is 4.57 Å². The molecule has 0 spiro atoms. The van der Waals surface area contributed by atoms with E-state index in [-0.39, 0.29) is 0 Å². The van der Waals surface area contributed by atoms with Crippen molar-refractivity contribution in [3.05, 3.63) is 194 Å². The number of hydrogen-bond donors (Lipinski definition) is 0. The summed E-state index contributed by atoms with van der Waals surface area (Å²) in [6.45, 7) is 8.60. The summed E-state index contributed by atoms with van der Waals surface area (Å²) in [5.74, 6) is 0. The third kappa shape index (κ3) is 4.35. The molecular weight excluding hydrogens is 697 g/mol. The summed E-state index contributed by atoms with van der Waals surface area (Å²) >= 11 is 1.82. The molecular formula is C53H32N2S. The number of aromatic nitrogens is 2. The Morgan fingerprint density at radius 3 is 2.00 bits per heavy atom. The number of hydrogen-bond acceptors (Lipinski definition) is 2. The largest absolute Gasteiger partial charge is 0.309 e. The van der Waals surface area contributed by atoms with Crippen molar-refractivity contribution in [2.45, 2.75) is 0 Å². The van der Waals surface area contributed by atoms with Gasteiger partial charge in [-0.25, -0.2) is 0 Å². The van der Waals surface area contributed by atoms with Gasteiger partial charge in [0.15, 0.2) is 0 Å². The van der Waals surface area contributed by atoms with Crippen LogP contribution in [0.2, 0.25) is 0 Å². The van der Waals surface area contributed by atoms with E-state index in [1.165, 1.54) is 96.5 Å². The second kappa shape index (κ2) is 11.7. The maximum Gasteiger partial charge on any atom is 0.0880 e. The van der Waals surface area contributed by atoms with Gasteiger partial charge in [-0.1, -0.05) is 128 Å². The zero-order valence-corrected chi connectivity index (χ0v) is 31.2. The number of allylic oxidation sites excluding steroid dienone is 3. The van der Waals surface area contributed by atoms with Gasteiger partial charge in [0.1, 0.15) is 0 Å². The van der Waals surface area contributed by atoms with Crippen molar-refractivity contribution in [3.8, 4) is 28.1 Å². The lowest BCUT2D eigenvalue weighted by Gasteiger charge is -2.13. The van der Waals surface area contributed by atoms with E-state index in [0.717, 1.165) is 28.1 Å². The summed E-state index contributed by atoms with van der Waals surface area (Å²) < 4.78 is 4.87. The highest BCUT2D eigenvalue weighted by Crippen LogP contribution is 2.46. The molecule has 0 atom stereocenters. The lowest BCUT2D eigenvalue weighted by molar-refractivity contribution is 1.18. The number of nitrogens with zero attached hydrogens (tertiary/aromatic N) is 2. The molecule has 260 valence electrons. The normalized spacial score (nSPS) is 12.9. The van der Waals surface area contributed by atoms with Crippen LogP contribution in [0.3, 0.4) is 0 Å². The van der Waals surface area contributed by atoms with Gasteiger partial charge in [-0.05, 0) is 109 Å². The zero-order chi connectivity index (χ0) is 37.1. The second-order valence-corrected chi connectivity index (χ2v) is 15.9. The molecule has 0 bridgehead atoms. The molecule has 2 nitrogen and oxygen atoms in total.